The van der Waals surface area contributed by atoms with Gasteiger partial charge in [0.1, 0.15) is 40.7 Å². The normalized spacial score (nSPS) is 26.4. The Kier molecular flexibility index (Phi) is 8.30. The Morgan fingerprint density at radius 1 is 1.17 bits per heavy atom. The maximum absolute atomic E-state index is 15.1. The fourth-order valence-corrected chi connectivity index (χ4v) is 5.56. The van der Waals surface area contributed by atoms with E-state index in [0.29, 0.717) is 38.2 Å². The number of carbonyl (C=O) groups is 1. The predicted octanol–water partition coefficient (Wildman–Crippen LogP) is 4.96. The van der Waals surface area contributed by atoms with Crippen molar-refractivity contribution in [3.8, 4) is 17.0 Å². The molecule has 2 fully saturated rings. The first-order chi connectivity index (χ1) is 19.5. The van der Waals surface area contributed by atoms with Gasteiger partial charge in [-0.15, -0.1) is 0 Å². The average molecular weight is 571 g/mol. The van der Waals surface area contributed by atoms with Gasteiger partial charge < -0.3 is 25.6 Å². The van der Waals surface area contributed by atoms with Crippen molar-refractivity contribution in [2.45, 2.75) is 63.2 Å². The van der Waals surface area contributed by atoms with E-state index < -0.39 is 46.3 Å². The molecule has 5 rings (SSSR count). The maximum atomic E-state index is 15.1. The van der Waals surface area contributed by atoms with Crippen molar-refractivity contribution in [3.05, 3.63) is 71.4 Å². The van der Waals surface area contributed by atoms with Crippen LogP contribution in [0.4, 0.5) is 18.9 Å². The van der Waals surface area contributed by atoms with E-state index in [-0.39, 0.29) is 29.4 Å². The van der Waals surface area contributed by atoms with E-state index in [1.54, 1.807) is 19.2 Å². The van der Waals surface area contributed by atoms with Gasteiger partial charge in [-0.25, -0.2) is 18.2 Å². The summed E-state index contributed by atoms with van der Waals surface area (Å²) in [4.78, 5) is 21.3. The molecule has 41 heavy (non-hydrogen) atoms. The summed E-state index contributed by atoms with van der Waals surface area (Å²) in [7, 11) is 0. The minimum absolute atomic E-state index is 0.0454. The molecule has 5 atom stereocenters. The zero-order valence-corrected chi connectivity index (χ0v) is 22.9. The van der Waals surface area contributed by atoms with E-state index in [1.807, 2.05) is 6.92 Å². The first kappa shape index (κ1) is 29.0. The molecule has 8 nitrogen and oxygen atoms in total. The van der Waals surface area contributed by atoms with E-state index in [0.717, 1.165) is 36.2 Å². The Balaban J connectivity index is 1.38. The van der Waals surface area contributed by atoms with Crippen LogP contribution < -0.4 is 15.8 Å². The molecule has 218 valence electrons. The highest BCUT2D eigenvalue weighted by atomic mass is 19.1. The number of halogens is 3. The summed E-state index contributed by atoms with van der Waals surface area (Å²) < 4.78 is 56.0. The highest BCUT2D eigenvalue weighted by Gasteiger charge is 2.42. The molecule has 1 aliphatic heterocycles. The molecular formula is C30H33F3N4O4. The third-order valence-electron chi connectivity index (χ3n) is 8.22. The lowest BCUT2D eigenvalue weighted by atomic mass is 9.68. The molecule has 0 bridgehead atoms. The van der Waals surface area contributed by atoms with Crippen LogP contribution in [0.5, 0.6) is 5.75 Å². The van der Waals surface area contributed by atoms with E-state index in [2.05, 4.69) is 15.3 Å². The first-order valence-corrected chi connectivity index (χ1v) is 13.7. The smallest absolute Gasteiger partial charge is 0.274 e. The van der Waals surface area contributed by atoms with Gasteiger partial charge in [-0.05, 0) is 68.2 Å². The number of carbonyl (C=O) groups excluding carboxylic acids is 1. The number of pyridine rings is 2. The topological polar surface area (TPSA) is 120 Å². The molecule has 11 heteroatoms. The minimum atomic E-state index is -1.08. The molecule has 1 aromatic carbocycles. The molecule has 2 aliphatic rings. The summed E-state index contributed by atoms with van der Waals surface area (Å²) in [6, 6.07) is 5.32. The predicted molar refractivity (Wildman–Crippen MR) is 146 cm³/mol. The first-order valence-electron chi connectivity index (χ1n) is 13.7. The van der Waals surface area contributed by atoms with Crippen molar-refractivity contribution in [1.29, 1.82) is 0 Å². The van der Waals surface area contributed by atoms with Crippen molar-refractivity contribution >= 4 is 11.6 Å². The number of rotatable bonds is 6. The quantitative estimate of drug-likeness (QED) is 0.383. The van der Waals surface area contributed by atoms with E-state index in [4.69, 9.17) is 15.2 Å². The molecule has 0 spiro atoms. The highest BCUT2D eigenvalue weighted by Crippen LogP contribution is 2.43. The molecule has 1 saturated heterocycles. The lowest BCUT2D eigenvalue weighted by Crippen LogP contribution is -2.54. The molecule has 1 saturated carbocycles. The molecule has 2 aromatic heterocycles. The Morgan fingerprint density at radius 3 is 2.61 bits per heavy atom. The molecular weight excluding hydrogens is 537 g/mol. The largest absolute Gasteiger partial charge is 0.488 e. The average Bonchev–Trinajstić information content (AvgIpc) is 2.93. The minimum Gasteiger partial charge on any atom is -0.488 e. The molecule has 1 unspecified atom stereocenters. The Labute approximate surface area is 236 Å². The fraction of sp³-hybridized carbons (Fsp3) is 0.433. The monoisotopic (exact) mass is 570 g/mol. The maximum Gasteiger partial charge on any atom is 0.274 e. The summed E-state index contributed by atoms with van der Waals surface area (Å²) in [5.41, 5.74) is 4.85. The SMILES string of the molecule is C[C@H]1C[C@@H](c2ccncc2NC(=O)c2ccc(F)c(-c3c(F)cc(OC4CCCOC4)cc3F)n2)C[C@@H](N)[C@]1(C)O. The number of hydrogen-bond acceptors (Lipinski definition) is 7. The molecule has 4 N–H and O–H groups in total. The summed E-state index contributed by atoms with van der Waals surface area (Å²) in [6.45, 7) is 4.57. The Morgan fingerprint density at radius 2 is 1.93 bits per heavy atom. The summed E-state index contributed by atoms with van der Waals surface area (Å²) in [6.07, 6.45) is 5.33. The number of ether oxygens (including phenoxy) is 2. The summed E-state index contributed by atoms with van der Waals surface area (Å²) in [5, 5.41) is 13.4. The van der Waals surface area contributed by atoms with Crippen LogP contribution in [-0.2, 0) is 4.74 Å². The number of aliphatic hydroxyl groups is 1. The van der Waals surface area contributed by atoms with Crippen LogP contribution in [0.25, 0.3) is 11.3 Å². The van der Waals surface area contributed by atoms with Crippen molar-refractivity contribution in [2.24, 2.45) is 11.7 Å². The number of amides is 1. The molecule has 3 aromatic rings. The number of nitrogens with two attached hydrogens (primary N) is 1. The third kappa shape index (κ3) is 6.07. The zero-order valence-electron chi connectivity index (χ0n) is 22.9. The van der Waals surface area contributed by atoms with Crippen LogP contribution in [-0.4, -0.2) is 51.9 Å². The van der Waals surface area contributed by atoms with Crippen LogP contribution in [0.15, 0.2) is 42.7 Å². The molecule has 1 aliphatic carbocycles. The van der Waals surface area contributed by atoms with Crippen molar-refractivity contribution in [1.82, 2.24) is 9.97 Å². The summed E-state index contributed by atoms with van der Waals surface area (Å²) in [5.74, 6) is -4.04. The van der Waals surface area contributed by atoms with Gasteiger partial charge in [0.15, 0.2) is 0 Å². The number of nitrogens with zero attached hydrogens (tertiary/aromatic N) is 2. The van der Waals surface area contributed by atoms with Gasteiger partial charge in [0.25, 0.3) is 5.91 Å². The second-order valence-electron chi connectivity index (χ2n) is 11.1. The number of benzene rings is 1. The van der Waals surface area contributed by atoms with Gasteiger partial charge in [-0.1, -0.05) is 6.92 Å². The Hall–Kier alpha value is -3.54. The van der Waals surface area contributed by atoms with E-state index >= 15 is 8.78 Å². The Bertz CT molecular complexity index is 1390. The van der Waals surface area contributed by atoms with Crippen LogP contribution in [0.1, 0.15) is 61.5 Å². The van der Waals surface area contributed by atoms with Crippen LogP contribution in [0.2, 0.25) is 0 Å². The van der Waals surface area contributed by atoms with E-state index in [9.17, 15) is 14.3 Å². The molecule has 1 amide bonds. The van der Waals surface area contributed by atoms with Crippen LogP contribution in [0, 0.1) is 23.4 Å². The standard InChI is InChI=1S/C30H33F3N4O4/c1-16-10-17(11-26(34)30(16,2)39)20-7-8-35-14-25(20)37-29(38)24-6-5-21(31)28(36-24)27-22(32)12-19(13-23(27)33)41-18-4-3-9-40-15-18/h5-8,12-14,16-18,26,39H,3-4,9-11,15,34H2,1-2H3,(H,37,38)/t16-,17+,18?,26+,30+/m0/s1. The van der Waals surface area contributed by atoms with Gasteiger partial charge >= 0.3 is 0 Å². The number of aromatic nitrogens is 2. The highest BCUT2D eigenvalue weighted by molar-refractivity contribution is 6.03. The lowest BCUT2D eigenvalue weighted by molar-refractivity contribution is -0.0463. The summed E-state index contributed by atoms with van der Waals surface area (Å²) >= 11 is 0. The van der Waals surface area contributed by atoms with Gasteiger partial charge in [0.05, 0.1) is 29.7 Å². The van der Waals surface area contributed by atoms with Crippen LogP contribution >= 0.6 is 0 Å². The van der Waals surface area contributed by atoms with Gasteiger partial charge in [-0.2, -0.15) is 0 Å². The fourth-order valence-electron chi connectivity index (χ4n) is 5.56. The number of hydrogen-bond donors (Lipinski definition) is 3. The van der Waals surface area contributed by atoms with E-state index in [1.165, 1.54) is 6.20 Å². The number of nitrogens with one attached hydrogen (secondary N) is 1. The second kappa shape index (κ2) is 11.8. The molecule has 0 radical (unpaired) electrons. The van der Waals surface area contributed by atoms with Gasteiger partial charge in [0.2, 0.25) is 0 Å². The van der Waals surface area contributed by atoms with Crippen LogP contribution in [0.3, 0.4) is 0 Å². The van der Waals surface area contributed by atoms with Crippen molar-refractivity contribution in [3.63, 3.8) is 0 Å². The van der Waals surface area contributed by atoms with Gasteiger partial charge in [0, 0.05) is 31.0 Å². The number of anilines is 1. The second-order valence-corrected chi connectivity index (χ2v) is 11.1. The zero-order chi connectivity index (χ0) is 29.3. The third-order valence-corrected chi connectivity index (χ3v) is 8.22. The van der Waals surface area contributed by atoms with Crippen molar-refractivity contribution < 1.29 is 32.5 Å². The van der Waals surface area contributed by atoms with Gasteiger partial charge in [-0.3, -0.25) is 9.78 Å². The molecule has 3 heterocycles. The lowest BCUT2D eigenvalue weighted by Gasteiger charge is -2.44. The van der Waals surface area contributed by atoms with Crippen molar-refractivity contribution in [2.75, 3.05) is 18.5 Å².